The summed E-state index contributed by atoms with van der Waals surface area (Å²) in [7, 11) is 0. The molecule has 3 aromatic rings. The third kappa shape index (κ3) is 5.29. The summed E-state index contributed by atoms with van der Waals surface area (Å²) in [6.45, 7) is 5.11. The van der Waals surface area contributed by atoms with Gasteiger partial charge in [0.1, 0.15) is 11.4 Å². The quantitative estimate of drug-likeness (QED) is 0.442. The number of carbonyl (C=O) groups is 1. The van der Waals surface area contributed by atoms with Gasteiger partial charge >= 0.3 is 0 Å². The highest BCUT2D eigenvalue weighted by Crippen LogP contribution is 2.25. The Hall–Kier alpha value is -2.90. The molecule has 0 saturated heterocycles. The molecule has 0 spiro atoms. The average molecular weight is 457 g/mol. The zero-order valence-electron chi connectivity index (χ0n) is 18.1. The largest absolute Gasteiger partial charge is 0.494 e. The highest BCUT2D eigenvalue weighted by molar-refractivity contribution is 6.31. The second-order valence-electron chi connectivity index (χ2n) is 7.97. The zero-order valence-corrected chi connectivity index (χ0v) is 18.9. The number of carbonyl (C=O) groups excluding carboxylic acids is 1. The lowest BCUT2D eigenvalue weighted by molar-refractivity contribution is 0.102. The predicted molar refractivity (Wildman–Crippen MR) is 124 cm³/mol. The van der Waals surface area contributed by atoms with Crippen LogP contribution >= 0.6 is 11.6 Å². The van der Waals surface area contributed by atoms with Crippen molar-refractivity contribution >= 4 is 23.2 Å². The van der Waals surface area contributed by atoms with Crippen molar-refractivity contribution in [1.82, 2.24) is 15.1 Å². The maximum Gasteiger partial charge on any atom is 0.255 e. The lowest BCUT2D eigenvalue weighted by Gasteiger charge is -2.10. The van der Waals surface area contributed by atoms with E-state index in [4.69, 9.17) is 16.3 Å². The third-order valence-electron chi connectivity index (χ3n) is 5.35. The maximum absolute atomic E-state index is 14.7. The van der Waals surface area contributed by atoms with Gasteiger partial charge in [-0.05, 0) is 82.1 Å². The van der Waals surface area contributed by atoms with Crippen LogP contribution in [-0.4, -0.2) is 34.9 Å². The van der Waals surface area contributed by atoms with E-state index in [1.54, 1.807) is 50.2 Å². The molecule has 4 rings (SSSR count). The molecule has 0 aliphatic heterocycles. The van der Waals surface area contributed by atoms with E-state index in [1.165, 1.54) is 23.6 Å². The van der Waals surface area contributed by atoms with Gasteiger partial charge in [0.05, 0.1) is 23.0 Å². The van der Waals surface area contributed by atoms with Gasteiger partial charge in [0.2, 0.25) is 0 Å². The molecule has 1 fully saturated rings. The van der Waals surface area contributed by atoms with Crippen molar-refractivity contribution < 1.29 is 13.9 Å². The van der Waals surface area contributed by atoms with E-state index in [0.29, 0.717) is 46.1 Å². The van der Waals surface area contributed by atoms with Crippen molar-refractivity contribution in [1.29, 1.82) is 0 Å². The number of ether oxygens (including phenoxy) is 1. The van der Waals surface area contributed by atoms with Gasteiger partial charge in [-0.15, -0.1) is 0 Å². The van der Waals surface area contributed by atoms with Crippen molar-refractivity contribution in [3.8, 4) is 11.4 Å². The molecule has 2 N–H and O–H groups in total. The number of hydrogen-bond donors (Lipinski definition) is 2. The number of anilines is 1. The Morgan fingerprint density at radius 1 is 1.22 bits per heavy atom. The van der Waals surface area contributed by atoms with Crippen LogP contribution in [0.5, 0.6) is 5.75 Å². The fourth-order valence-electron chi connectivity index (χ4n) is 3.38. The monoisotopic (exact) mass is 456 g/mol. The van der Waals surface area contributed by atoms with Crippen LogP contribution in [0.25, 0.3) is 5.69 Å². The van der Waals surface area contributed by atoms with Crippen LogP contribution in [0.3, 0.4) is 0 Å². The van der Waals surface area contributed by atoms with Crippen LogP contribution in [-0.2, 0) is 0 Å². The SMILES string of the molecule is Cc1nn(-c2ccc(NC(=O)c3ccc(OCCCNC4CC4)cc3)cc2F)c(C)c1Cl. The number of halogens is 2. The molecular formula is C24H26ClFN4O2. The molecule has 1 aromatic heterocycles. The molecule has 0 atom stereocenters. The van der Waals surface area contributed by atoms with Crippen LogP contribution in [0.2, 0.25) is 5.02 Å². The Kier molecular flexibility index (Phi) is 6.77. The van der Waals surface area contributed by atoms with Crippen molar-refractivity contribution in [3.05, 3.63) is 70.3 Å². The van der Waals surface area contributed by atoms with Crippen LogP contribution in [0, 0.1) is 19.7 Å². The molecular weight excluding hydrogens is 431 g/mol. The van der Waals surface area contributed by atoms with E-state index in [2.05, 4.69) is 15.7 Å². The zero-order chi connectivity index (χ0) is 22.7. The smallest absolute Gasteiger partial charge is 0.255 e. The van der Waals surface area contributed by atoms with Gasteiger partial charge in [-0.2, -0.15) is 5.10 Å². The Morgan fingerprint density at radius 3 is 2.59 bits per heavy atom. The number of rotatable bonds is 9. The topological polar surface area (TPSA) is 68.2 Å². The van der Waals surface area contributed by atoms with E-state index in [-0.39, 0.29) is 11.6 Å². The average Bonchev–Trinajstić information content (AvgIpc) is 3.57. The molecule has 0 radical (unpaired) electrons. The van der Waals surface area contributed by atoms with Crippen LogP contribution < -0.4 is 15.4 Å². The fourth-order valence-corrected chi connectivity index (χ4v) is 3.49. The number of benzene rings is 2. The number of amides is 1. The minimum Gasteiger partial charge on any atom is -0.494 e. The molecule has 1 saturated carbocycles. The Balaban J connectivity index is 1.33. The lowest BCUT2D eigenvalue weighted by Crippen LogP contribution is -2.19. The van der Waals surface area contributed by atoms with E-state index in [9.17, 15) is 9.18 Å². The number of nitrogens with one attached hydrogen (secondary N) is 2. The van der Waals surface area contributed by atoms with E-state index >= 15 is 0 Å². The van der Waals surface area contributed by atoms with E-state index in [0.717, 1.165) is 13.0 Å². The summed E-state index contributed by atoms with van der Waals surface area (Å²) in [6, 6.07) is 12.1. The van der Waals surface area contributed by atoms with Crippen LogP contribution in [0.4, 0.5) is 10.1 Å². The minimum atomic E-state index is -0.509. The highest BCUT2D eigenvalue weighted by Gasteiger charge is 2.19. The number of hydrogen-bond acceptors (Lipinski definition) is 4. The van der Waals surface area contributed by atoms with E-state index in [1.807, 2.05) is 0 Å². The van der Waals surface area contributed by atoms with Crippen molar-refractivity contribution in [2.75, 3.05) is 18.5 Å². The highest BCUT2D eigenvalue weighted by atomic mass is 35.5. The first-order valence-corrected chi connectivity index (χ1v) is 11.1. The normalized spacial score (nSPS) is 13.2. The number of nitrogens with zero attached hydrogens (tertiary/aromatic N) is 2. The first-order chi connectivity index (χ1) is 15.4. The first kappa shape index (κ1) is 22.3. The summed E-state index contributed by atoms with van der Waals surface area (Å²) >= 11 is 6.16. The fraction of sp³-hybridized carbons (Fsp3) is 0.333. The maximum atomic E-state index is 14.7. The summed E-state index contributed by atoms with van der Waals surface area (Å²) in [6.07, 6.45) is 3.49. The summed E-state index contributed by atoms with van der Waals surface area (Å²) < 4.78 is 21.9. The lowest BCUT2D eigenvalue weighted by atomic mass is 10.2. The molecule has 1 heterocycles. The molecule has 8 heteroatoms. The summed E-state index contributed by atoms with van der Waals surface area (Å²) in [5.41, 5.74) is 2.36. The van der Waals surface area contributed by atoms with Gasteiger partial charge in [0.25, 0.3) is 5.91 Å². The van der Waals surface area contributed by atoms with Crippen molar-refractivity contribution in [3.63, 3.8) is 0 Å². The van der Waals surface area contributed by atoms with Gasteiger partial charge in [-0.3, -0.25) is 4.79 Å². The summed E-state index contributed by atoms with van der Waals surface area (Å²) in [5, 5.41) is 10.9. The Bertz CT molecular complexity index is 1110. The van der Waals surface area contributed by atoms with Crippen molar-refractivity contribution in [2.24, 2.45) is 0 Å². The molecule has 0 unspecified atom stereocenters. The molecule has 1 amide bonds. The first-order valence-electron chi connectivity index (χ1n) is 10.7. The van der Waals surface area contributed by atoms with Crippen LogP contribution in [0.15, 0.2) is 42.5 Å². The minimum absolute atomic E-state index is 0.268. The summed E-state index contributed by atoms with van der Waals surface area (Å²) in [4.78, 5) is 12.5. The number of aryl methyl sites for hydroxylation is 1. The van der Waals surface area contributed by atoms with E-state index < -0.39 is 5.82 Å². The molecule has 2 aromatic carbocycles. The Morgan fingerprint density at radius 2 is 1.97 bits per heavy atom. The third-order valence-corrected chi connectivity index (χ3v) is 5.90. The summed E-state index contributed by atoms with van der Waals surface area (Å²) in [5.74, 6) is -0.122. The van der Waals surface area contributed by atoms with Gasteiger partial charge in [0, 0.05) is 17.3 Å². The molecule has 1 aliphatic rings. The predicted octanol–water partition coefficient (Wildman–Crippen LogP) is 5.05. The molecule has 0 bridgehead atoms. The standard InChI is InChI=1S/C24H26ClFN4O2/c1-15-23(25)16(2)30(29-15)22-11-8-19(14-21(22)26)28-24(31)17-4-9-20(10-5-17)32-13-3-12-27-18-6-7-18/h4-5,8-11,14,18,27H,3,6-7,12-13H2,1-2H3,(H,28,31). The molecule has 168 valence electrons. The van der Waals surface area contributed by atoms with Gasteiger partial charge in [-0.1, -0.05) is 11.6 Å². The molecule has 32 heavy (non-hydrogen) atoms. The van der Waals surface area contributed by atoms with Crippen LogP contribution in [0.1, 0.15) is 41.0 Å². The second kappa shape index (κ2) is 9.71. The van der Waals surface area contributed by atoms with Gasteiger partial charge in [-0.25, -0.2) is 9.07 Å². The second-order valence-corrected chi connectivity index (χ2v) is 8.35. The molecule has 1 aliphatic carbocycles. The number of aromatic nitrogens is 2. The Labute approximate surface area is 191 Å². The van der Waals surface area contributed by atoms with Gasteiger partial charge in [0.15, 0.2) is 5.82 Å². The molecule has 6 nitrogen and oxygen atoms in total. The van der Waals surface area contributed by atoms with Gasteiger partial charge < -0.3 is 15.4 Å². The van der Waals surface area contributed by atoms with Crippen molar-refractivity contribution in [2.45, 2.75) is 39.2 Å².